The Morgan fingerprint density at radius 1 is 1.47 bits per heavy atom. The summed E-state index contributed by atoms with van der Waals surface area (Å²) in [5, 5.41) is 3.85. The molecule has 0 aromatic heterocycles. The average molecular weight is 258 g/mol. The fourth-order valence-corrected chi connectivity index (χ4v) is 2.46. The third kappa shape index (κ3) is 3.11. The Balaban J connectivity index is 2.06. The van der Waals surface area contributed by atoms with Gasteiger partial charge in [0.1, 0.15) is 17.7 Å². The van der Waals surface area contributed by atoms with Crippen LogP contribution in [-0.2, 0) is 0 Å². The van der Waals surface area contributed by atoms with Gasteiger partial charge in [0.15, 0.2) is 0 Å². The number of likely N-dealkylation sites (N-methyl/N-ethyl adjacent to an activating group) is 1. The minimum Gasteiger partial charge on any atom is -0.487 e. The van der Waals surface area contributed by atoms with Crippen LogP contribution in [0.5, 0.6) is 5.75 Å². The van der Waals surface area contributed by atoms with Crippen molar-refractivity contribution >= 4 is 11.6 Å². The molecule has 1 aliphatic rings. The fourth-order valence-electron chi connectivity index (χ4n) is 2.29. The van der Waals surface area contributed by atoms with E-state index in [1.165, 1.54) is 18.2 Å². The molecule has 1 saturated carbocycles. The molecule has 94 valence electrons. The molecular formula is C13H17ClFNO. The van der Waals surface area contributed by atoms with Crippen molar-refractivity contribution in [3.05, 3.63) is 29.0 Å². The van der Waals surface area contributed by atoms with Crippen molar-refractivity contribution in [2.24, 2.45) is 0 Å². The van der Waals surface area contributed by atoms with Crippen LogP contribution in [-0.4, -0.2) is 18.7 Å². The summed E-state index contributed by atoms with van der Waals surface area (Å²) >= 11 is 5.99. The average Bonchev–Trinajstić information content (AvgIpc) is 2.72. The van der Waals surface area contributed by atoms with Gasteiger partial charge in [-0.3, -0.25) is 0 Å². The number of halogens is 2. The Bertz CT molecular complexity index is 386. The van der Waals surface area contributed by atoms with E-state index in [1.54, 1.807) is 0 Å². The summed E-state index contributed by atoms with van der Waals surface area (Å²) in [5.41, 5.74) is 0. The number of hydrogen-bond acceptors (Lipinski definition) is 2. The van der Waals surface area contributed by atoms with Gasteiger partial charge in [0, 0.05) is 12.1 Å². The van der Waals surface area contributed by atoms with Crippen molar-refractivity contribution in [3.8, 4) is 5.75 Å². The van der Waals surface area contributed by atoms with Crippen LogP contribution >= 0.6 is 11.6 Å². The van der Waals surface area contributed by atoms with E-state index < -0.39 is 0 Å². The molecule has 1 aromatic rings. The van der Waals surface area contributed by atoms with E-state index in [2.05, 4.69) is 12.2 Å². The predicted octanol–water partition coefficient (Wildman–Crippen LogP) is 3.39. The van der Waals surface area contributed by atoms with Crippen LogP contribution < -0.4 is 10.1 Å². The second-order valence-electron chi connectivity index (χ2n) is 4.33. The fraction of sp³-hybridized carbons (Fsp3) is 0.538. The molecule has 1 N–H and O–H groups in total. The Kier molecular flexibility index (Phi) is 4.24. The third-order valence-electron chi connectivity index (χ3n) is 3.09. The Morgan fingerprint density at radius 2 is 2.29 bits per heavy atom. The van der Waals surface area contributed by atoms with Gasteiger partial charge < -0.3 is 10.1 Å². The number of hydrogen-bond donors (Lipinski definition) is 1. The zero-order chi connectivity index (χ0) is 12.3. The van der Waals surface area contributed by atoms with Gasteiger partial charge in [0.05, 0.1) is 5.02 Å². The van der Waals surface area contributed by atoms with Gasteiger partial charge in [-0.1, -0.05) is 18.5 Å². The van der Waals surface area contributed by atoms with Crippen LogP contribution in [0.3, 0.4) is 0 Å². The highest BCUT2D eigenvalue weighted by molar-refractivity contribution is 6.32. The van der Waals surface area contributed by atoms with Gasteiger partial charge >= 0.3 is 0 Å². The van der Waals surface area contributed by atoms with E-state index in [4.69, 9.17) is 16.3 Å². The van der Waals surface area contributed by atoms with Crippen molar-refractivity contribution in [2.75, 3.05) is 6.54 Å². The highest BCUT2D eigenvalue weighted by atomic mass is 35.5. The quantitative estimate of drug-likeness (QED) is 0.893. The van der Waals surface area contributed by atoms with E-state index in [9.17, 15) is 4.39 Å². The normalized spacial score (nSPS) is 23.9. The topological polar surface area (TPSA) is 21.3 Å². The van der Waals surface area contributed by atoms with Crippen molar-refractivity contribution in [2.45, 2.75) is 38.3 Å². The molecule has 2 nitrogen and oxygen atoms in total. The molecule has 0 aliphatic heterocycles. The number of ether oxygens (including phenoxy) is 1. The molecule has 0 amide bonds. The molecule has 4 heteroatoms. The molecule has 2 atom stereocenters. The van der Waals surface area contributed by atoms with Gasteiger partial charge in [-0.25, -0.2) is 4.39 Å². The minimum atomic E-state index is -0.317. The smallest absolute Gasteiger partial charge is 0.141 e. The van der Waals surface area contributed by atoms with Crippen LogP contribution in [0.15, 0.2) is 18.2 Å². The van der Waals surface area contributed by atoms with Gasteiger partial charge in [-0.15, -0.1) is 0 Å². The van der Waals surface area contributed by atoms with Crippen LogP contribution in [0.4, 0.5) is 4.39 Å². The summed E-state index contributed by atoms with van der Waals surface area (Å²) in [6.07, 6.45) is 3.32. The Labute approximate surface area is 106 Å². The van der Waals surface area contributed by atoms with Gasteiger partial charge in [0.2, 0.25) is 0 Å². The lowest BCUT2D eigenvalue weighted by atomic mass is 10.2. The van der Waals surface area contributed by atoms with Gasteiger partial charge in [0.25, 0.3) is 0 Å². The summed E-state index contributed by atoms with van der Waals surface area (Å²) < 4.78 is 18.9. The predicted molar refractivity (Wildman–Crippen MR) is 67.1 cm³/mol. The first-order valence-electron chi connectivity index (χ1n) is 6.05. The van der Waals surface area contributed by atoms with Crippen molar-refractivity contribution in [1.82, 2.24) is 5.32 Å². The maximum absolute atomic E-state index is 13.1. The first-order chi connectivity index (χ1) is 8.20. The van der Waals surface area contributed by atoms with Crippen LogP contribution in [0.1, 0.15) is 26.2 Å². The van der Waals surface area contributed by atoms with Gasteiger partial charge in [-0.05, 0) is 37.9 Å². The first kappa shape index (κ1) is 12.7. The lowest BCUT2D eigenvalue weighted by Crippen LogP contribution is -2.38. The van der Waals surface area contributed by atoms with Gasteiger partial charge in [-0.2, -0.15) is 0 Å². The summed E-state index contributed by atoms with van der Waals surface area (Å²) in [6.45, 7) is 2.99. The molecule has 1 aromatic carbocycles. The summed E-state index contributed by atoms with van der Waals surface area (Å²) in [7, 11) is 0. The molecule has 0 radical (unpaired) electrons. The number of nitrogens with one attached hydrogen (secondary N) is 1. The highest BCUT2D eigenvalue weighted by Gasteiger charge is 2.28. The van der Waals surface area contributed by atoms with E-state index in [0.717, 1.165) is 25.8 Å². The second kappa shape index (κ2) is 5.69. The summed E-state index contributed by atoms with van der Waals surface area (Å²) in [6, 6.07) is 4.57. The van der Waals surface area contributed by atoms with E-state index >= 15 is 0 Å². The largest absolute Gasteiger partial charge is 0.487 e. The molecule has 0 spiro atoms. The zero-order valence-corrected chi connectivity index (χ0v) is 10.6. The highest BCUT2D eigenvalue weighted by Crippen LogP contribution is 2.30. The second-order valence-corrected chi connectivity index (χ2v) is 4.73. The van der Waals surface area contributed by atoms with Crippen molar-refractivity contribution < 1.29 is 9.13 Å². The lowest BCUT2D eigenvalue weighted by molar-refractivity contribution is 0.175. The zero-order valence-electron chi connectivity index (χ0n) is 9.88. The minimum absolute atomic E-state index is 0.0919. The molecule has 0 bridgehead atoms. The molecule has 2 unspecified atom stereocenters. The van der Waals surface area contributed by atoms with Crippen LogP contribution in [0.25, 0.3) is 0 Å². The Morgan fingerprint density at radius 3 is 3.06 bits per heavy atom. The molecule has 0 saturated heterocycles. The van der Waals surface area contributed by atoms with Crippen LogP contribution in [0, 0.1) is 5.82 Å². The molecule has 0 heterocycles. The van der Waals surface area contributed by atoms with Crippen molar-refractivity contribution in [1.29, 1.82) is 0 Å². The molecule has 1 aliphatic carbocycles. The van der Waals surface area contributed by atoms with Crippen LogP contribution in [0.2, 0.25) is 5.02 Å². The molecule has 1 fully saturated rings. The first-order valence-corrected chi connectivity index (χ1v) is 6.43. The van der Waals surface area contributed by atoms with E-state index in [0.29, 0.717) is 16.8 Å². The Hall–Kier alpha value is -0.800. The summed E-state index contributed by atoms with van der Waals surface area (Å²) in [4.78, 5) is 0. The maximum atomic E-state index is 13.1. The number of benzene rings is 1. The third-order valence-corrected chi connectivity index (χ3v) is 3.40. The number of rotatable bonds is 4. The standard InChI is InChI=1S/C13H17ClFNO/c1-2-16-11-4-3-5-12(11)17-13-8-9(15)6-7-10(13)14/h6-8,11-12,16H,2-5H2,1H3. The molecule has 2 rings (SSSR count). The molecule has 17 heavy (non-hydrogen) atoms. The van der Waals surface area contributed by atoms with Crippen molar-refractivity contribution in [3.63, 3.8) is 0 Å². The van der Waals surface area contributed by atoms with E-state index in [1.807, 2.05) is 0 Å². The van der Waals surface area contributed by atoms with E-state index in [-0.39, 0.29) is 11.9 Å². The maximum Gasteiger partial charge on any atom is 0.141 e. The monoisotopic (exact) mass is 257 g/mol. The lowest BCUT2D eigenvalue weighted by Gasteiger charge is -2.22. The summed E-state index contributed by atoms with van der Waals surface area (Å²) in [5.74, 6) is 0.129. The molecular weight excluding hydrogens is 241 g/mol. The SMILES string of the molecule is CCNC1CCCC1Oc1cc(F)ccc1Cl.